The van der Waals surface area contributed by atoms with Gasteiger partial charge in [0.2, 0.25) is 11.8 Å². The van der Waals surface area contributed by atoms with Gasteiger partial charge in [-0.3, -0.25) is 24.0 Å². The largest absolute Gasteiger partial charge is 0.496 e. The number of hydrogen-bond donors (Lipinski definition) is 1. The van der Waals surface area contributed by atoms with Crippen LogP contribution in [0.2, 0.25) is 0 Å². The third-order valence-corrected chi connectivity index (χ3v) is 7.72. The van der Waals surface area contributed by atoms with Crippen LogP contribution in [-0.2, 0) is 16.6 Å². The monoisotopic (exact) mass is 440 g/mol. The number of carbonyl (C=O) groups excluding carboxylic acids is 2. The van der Waals surface area contributed by atoms with Gasteiger partial charge in [0.15, 0.2) is 0 Å². The molecule has 5 rings (SSSR count). The molecule has 172 valence electrons. The molecule has 8 nitrogen and oxygen atoms in total. The zero-order chi connectivity index (χ0) is 22.4. The van der Waals surface area contributed by atoms with Crippen LogP contribution in [0.3, 0.4) is 0 Å². The Hall–Kier alpha value is -2.61. The molecule has 0 radical (unpaired) electrons. The van der Waals surface area contributed by atoms with Crippen LogP contribution in [0.4, 0.5) is 0 Å². The minimum Gasteiger partial charge on any atom is -0.496 e. The Bertz CT molecular complexity index is 1110. The normalized spacial score (nSPS) is 23.4. The van der Waals surface area contributed by atoms with Crippen molar-refractivity contribution < 1.29 is 14.3 Å². The third kappa shape index (κ3) is 3.54. The number of imidazole rings is 1. The molecule has 1 saturated carbocycles. The minimum atomic E-state index is -0.672. The summed E-state index contributed by atoms with van der Waals surface area (Å²) in [5.41, 5.74) is 2.42. The zero-order valence-electron chi connectivity index (χ0n) is 18.9. The molecule has 2 amide bonds. The number of benzene rings is 1. The topological polar surface area (TPSA) is 85.6 Å². The second-order valence-corrected chi connectivity index (χ2v) is 9.60. The number of imide groups is 1. The molecule has 1 aliphatic carbocycles. The first-order valence-corrected chi connectivity index (χ1v) is 11.8. The second-order valence-electron chi connectivity index (χ2n) is 9.60. The predicted molar refractivity (Wildman–Crippen MR) is 121 cm³/mol. The van der Waals surface area contributed by atoms with Crippen LogP contribution < -0.4 is 15.7 Å². The molecule has 1 atom stereocenters. The van der Waals surface area contributed by atoms with Gasteiger partial charge in [0.1, 0.15) is 11.8 Å². The Morgan fingerprint density at radius 3 is 2.44 bits per heavy atom. The molecule has 0 spiro atoms. The lowest BCUT2D eigenvalue weighted by Gasteiger charge is -2.37. The van der Waals surface area contributed by atoms with Crippen molar-refractivity contribution in [1.82, 2.24) is 19.4 Å². The molecule has 1 aromatic heterocycles. The van der Waals surface area contributed by atoms with Crippen LogP contribution in [0, 0.1) is 5.92 Å². The number of likely N-dealkylation sites (tertiary alicyclic amines) is 1. The summed E-state index contributed by atoms with van der Waals surface area (Å²) in [5.74, 6) is 1.28. The Labute approximate surface area is 187 Å². The summed E-state index contributed by atoms with van der Waals surface area (Å²) in [6, 6.07) is 3.11. The van der Waals surface area contributed by atoms with Crippen LogP contribution in [0.5, 0.6) is 5.75 Å². The average molecular weight is 441 g/mol. The van der Waals surface area contributed by atoms with E-state index in [0.717, 1.165) is 54.2 Å². The molecule has 8 heteroatoms. The maximum Gasteiger partial charge on any atom is 0.329 e. The Kier molecular flexibility index (Phi) is 5.57. The van der Waals surface area contributed by atoms with Crippen LogP contribution in [0.15, 0.2) is 16.9 Å². The maximum atomic E-state index is 13.3. The highest BCUT2D eigenvalue weighted by molar-refractivity contribution is 6.00. The Morgan fingerprint density at radius 2 is 1.81 bits per heavy atom. The number of carbonyl (C=O) groups is 2. The van der Waals surface area contributed by atoms with E-state index in [1.165, 1.54) is 25.8 Å². The van der Waals surface area contributed by atoms with E-state index >= 15 is 0 Å². The van der Waals surface area contributed by atoms with Gasteiger partial charge < -0.3 is 9.64 Å². The molecule has 2 aromatic rings. The Morgan fingerprint density at radius 1 is 1.06 bits per heavy atom. The number of methoxy groups -OCH3 is 1. The van der Waals surface area contributed by atoms with E-state index in [1.807, 2.05) is 12.1 Å². The standard InChI is InChI=1S/C24H32N4O4/c1-26-22-17(28(24(26)31)18-7-9-20(29)25-23(18)30)6-8-19(32-2)21(22)16-10-12-27(13-11-16)14-15-4-3-5-15/h6,8,15-16,18H,3-5,7,9-14H2,1-2H3,(H,25,29,30). The number of aromatic nitrogens is 2. The van der Waals surface area contributed by atoms with E-state index in [0.29, 0.717) is 12.3 Å². The molecule has 1 aromatic carbocycles. The van der Waals surface area contributed by atoms with Crippen LogP contribution in [0.1, 0.15) is 62.5 Å². The molecule has 32 heavy (non-hydrogen) atoms. The first kappa shape index (κ1) is 21.2. The van der Waals surface area contributed by atoms with Gasteiger partial charge in [-0.15, -0.1) is 0 Å². The predicted octanol–water partition coefficient (Wildman–Crippen LogP) is 2.31. The molecular formula is C24H32N4O4. The number of piperidine rings is 2. The number of fused-ring (bicyclic) bond motifs is 1. The summed E-state index contributed by atoms with van der Waals surface area (Å²) >= 11 is 0. The fraction of sp³-hybridized carbons (Fsp3) is 0.625. The summed E-state index contributed by atoms with van der Waals surface area (Å²) in [6.45, 7) is 3.32. The van der Waals surface area contributed by atoms with E-state index < -0.39 is 11.9 Å². The van der Waals surface area contributed by atoms with Gasteiger partial charge in [0, 0.05) is 25.6 Å². The summed E-state index contributed by atoms with van der Waals surface area (Å²) in [7, 11) is 3.44. The van der Waals surface area contributed by atoms with Crippen LogP contribution in [-0.4, -0.2) is 52.6 Å². The maximum absolute atomic E-state index is 13.3. The van der Waals surface area contributed by atoms with Crippen molar-refractivity contribution in [3.8, 4) is 5.75 Å². The lowest BCUT2D eigenvalue weighted by Crippen LogP contribution is -2.44. The number of rotatable bonds is 5. The van der Waals surface area contributed by atoms with Gasteiger partial charge in [-0.05, 0) is 69.2 Å². The lowest BCUT2D eigenvalue weighted by molar-refractivity contribution is -0.135. The van der Waals surface area contributed by atoms with E-state index in [-0.39, 0.29) is 18.0 Å². The molecule has 3 heterocycles. The number of amides is 2. The van der Waals surface area contributed by atoms with Crippen LogP contribution in [0.25, 0.3) is 11.0 Å². The fourth-order valence-corrected chi connectivity index (χ4v) is 5.73. The van der Waals surface area contributed by atoms with Crippen molar-refractivity contribution in [2.75, 3.05) is 26.7 Å². The van der Waals surface area contributed by atoms with Crippen molar-refractivity contribution in [3.05, 3.63) is 28.2 Å². The summed E-state index contributed by atoms with van der Waals surface area (Å²) < 4.78 is 8.96. The molecule has 3 aliphatic rings. The summed E-state index contributed by atoms with van der Waals surface area (Å²) in [4.78, 5) is 40.0. The third-order valence-electron chi connectivity index (χ3n) is 7.72. The molecule has 2 saturated heterocycles. The number of nitrogens with one attached hydrogen (secondary N) is 1. The Balaban J connectivity index is 1.51. The first-order chi connectivity index (χ1) is 15.5. The minimum absolute atomic E-state index is 0.230. The SMILES string of the molecule is COc1ccc2c(c1C1CCN(CC3CCC3)CC1)n(C)c(=O)n2C1CCC(=O)NC1=O. The number of aryl methyl sites for hydroxylation is 1. The first-order valence-electron chi connectivity index (χ1n) is 11.8. The average Bonchev–Trinajstić information content (AvgIpc) is 3.01. The zero-order valence-corrected chi connectivity index (χ0v) is 18.9. The fourth-order valence-electron chi connectivity index (χ4n) is 5.73. The van der Waals surface area contributed by atoms with Crippen molar-refractivity contribution >= 4 is 22.8 Å². The van der Waals surface area contributed by atoms with Crippen LogP contribution >= 0.6 is 0 Å². The molecular weight excluding hydrogens is 408 g/mol. The molecule has 2 aliphatic heterocycles. The second kappa shape index (κ2) is 8.39. The molecule has 1 N–H and O–H groups in total. The van der Waals surface area contributed by atoms with Gasteiger partial charge in [-0.2, -0.15) is 0 Å². The molecule has 1 unspecified atom stereocenters. The van der Waals surface area contributed by atoms with Gasteiger partial charge in [0.25, 0.3) is 0 Å². The number of ether oxygens (including phenoxy) is 1. The quantitative estimate of drug-likeness (QED) is 0.721. The van der Waals surface area contributed by atoms with Crippen molar-refractivity contribution in [2.45, 2.75) is 56.9 Å². The van der Waals surface area contributed by atoms with E-state index in [4.69, 9.17) is 4.74 Å². The van der Waals surface area contributed by atoms with Crippen molar-refractivity contribution in [3.63, 3.8) is 0 Å². The highest BCUT2D eigenvalue weighted by atomic mass is 16.5. The summed E-state index contributed by atoms with van der Waals surface area (Å²) in [6.07, 6.45) is 6.73. The smallest absolute Gasteiger partial charge is 0.329 e. The highest BCUT2D eigenvalue weighted by Crippen LogP contribution is 2.40. The van der Waals surface area contributed by atoms with Gasteiger partial charge in [0.05, 0.1) is 18.1 Å². The van der Waals surface area contributed by atoms with Crippen molar-refractivity contribution in [2.24, 2.45) is 13.0 Å². The van der Waals surface area contributed by atoms with E-state index in [9.17, 15) is 14.4 Å². The molecule has 0 bridgehead atoms. The van der Waals surface area contributed by atoms with Crippen molar-refractivity contribution in [1.29, 1.82) is 0 Å². The highest BCUT2D eigenvalue weighted by Gasteiger charge is 2.34. The van der Waals surface area contributed by atoms with Gasteiger partial charge >= 0.3 is 5.69 Å². The van der Waals surface area contributed by atoms with Gasteiger partial charge in [-0.25, -0.2) is 4.79 Å². The molecule has 3 fully saturated rings. The van der Waals surface area contributed by atoms with E-state index in [2.05, 4.69) is 10.2 Å². The lowest BCUT2D eigenvalue weighted by atomic mass is 9.83. The number of hydrogen-bond acceptors (Lipinski definition) is 5. The number of nitrogens with zero attached hydrogens (tertiary/aromatic N) is 3. The summed E-state index contributed by atoms with van der Waals surface area (Å²) in [5, 5.41) is 2.38. The van der Waals surface area contributed by atoms with Gasteiger partial charge in [-0.1, -0.05) is 6.42 Å². The van der Waals surface area contributed by atoms with E-state index in [1.54, 1.807) is 23.3 Å².